The average Bonchev–Trinajstić information content (AvgIpc) is 2.44. The smallest absolute Gasteiger partial charge is 0.140 e. The highest BCUT2D eigenvalue weighted by Crippen LogP contribution is 2.32. The fourth-order valence-electron chi connectivity index (χ4n) is 3.34. The highest BCUT2D eigenvalue weighted by molar-refractivity contribution is 5.83. The van der Waals surface area contributed by atoms with Crippen molar-refractivity contribution in [1.82, 2.24) is 0 Å². The van der Waals surface area contributed by atoms with Gasteiger partial charge in [0.05, 0.1) is 0 Å². The molecule has 0 heterocycles. The summed E-state index contributed by atoms with van der Waals surface area (Å²) in [5.74, 6) is 1.07. The lowest BCUT2D eigenvalue weighted by Crippen LogP contribution is -2.23. The van der Waals surface area contributed by atoms with Crippen molar-refractivity contribution in [2.45, 2.75) is 58.8 Å². The van der Waals surface area contributed by atoms with Crippen LogP contribution in [0.15, 0.2) is 18.2 Å². The summed E-state index contributed by atoms with van der Waals surface area (Å²) < 4.78 is 13.3. The van der Waals surface area contributed by atoms with E-state index in [1.165, 1.54) is 37.8 Å². The Morgan fingerprint density at radius 3 is 2.60 bits per heavy atom. The van der Waals surface area contributed by atoms with Gasteiger partial charge in [-0.2, -0.15) is 0 Å². The standard InChI is InChI=1S/C18H25FO/c1-3-4-14-6-8-15(9-7-14)18(20)12-16-11-17(19)10-5-13(16)2/h5,10-11,14-15H,3-4,6-9,12H2,1-2H3. The highest BCUT2D eigenvalue weighted by Gasteiger charge is 2.25. The zero-order chi connectivity index (χ0) is 14.5. The SMILES string of the molecule is CCCC1CCC(C(=O)Cc2cc(F)ccc2C)CC1. The van der Waals surface area contributed by atoms with Crippen LogP contribution >= 0.6 is 0 Å². The Hall–Kier alpha value is -1.18. The minimum Gasteiger partial charge on any atom is -0.299 e. The molecule has 0 bridgehead atoms. The second-order valence-corrected chi connectivity index (χ2v) is 6.22. The Labute approximate surface area is 121 Å². The number of carbonyl (C=O) groups is 1. The third kappa shape index (κ3) is 3.91. The van der Waals surface area contributed by atoms with Crippen LogP contribution in [0.4, 0.5) is 4.39 Å². The monoisotopic (exact) mass is 276 g/mol. The molecule has 2 heteroatoms. The summed E-state index contributed by atoms with van der Waals surface area (Å²) in [5.41, 5.74) is 1.87. The molecule has 0 N–H and O–H groups in total. The maximum Gasteiger partial charge on any atom is 0.140 e. The van der Waals surface area contributed by atoms with Crippen molar-refractivity contribution in [2.75, 3.05) is 0 Å². The van der Waals surface area contributed by atoms with Gasteiger partial charge in [0, 0.05) is 12.3 Å². The van der Waals surface area contributed by atoms with Gasteiger partial charge in [0.1, 0.15) is 11.6 Å². The average molecular weight is 276 g/mol. The third-order valence-electron chi connectivity index (χ3n) is 4.67. The molecule has 0 amide bonds. The summed E-state index contributed by atoms with van der Waals surface area (Å²) in [6.45, 7) is 4.17. The molecule has 0 aliphatic heterocycles. The van der Waals surface area contributed by atoms with Gasteiger partial charge in [-0.05, 0) is 61.8 Å². The molecule has 1 nitrogen and oxygen atoms in total. The molecule has 1 aliphatic rings. The van der Waals surface area contributed by atoms with E-state index in [0.717, 1.165) is 29.9 Å². The third-order valence-corrected chi connectivity index (χ3v) is 4.67. The van der Waals surface area contributed by atoms with Crippen LogP contribution < -0.4 is 0 Å². The van der Waals surface area contributed by atoms with E-state index in [1.807, 2.05) is 6.92 Å². The second-order valence-electron chi connectivity index (χ2n) is 6.22. The summed E-state index contributed by atoms with van der Waals surface area (Å²) in [6.07, 6.45) is 7.36. The number of hydrogen-bond donors (Lipinski definition) is 0. The molecule has 0 unspecified atom stereocenters. The molecule has 1 fully saturated rings. The van der Waals surface area contributed by atoms with Crippen LogP contribution in [0, 0.1) is 24.6 Å². The molecule has 0 saturated heterocycles. The van der Waals surface area contributed by atoms with Crippen molar-refractivity contribution in [2.24, 2.45) is 11.8 Å². The summed E-state index contributed by atoms with van der Waals surface area (Å²) in [5, 5.41) is 0. The molecule has 110 valence electrons. The Kier molecular flexibility index (Phi) is 5.33. The van der Waals surface area contributed by atoms with E-state index < -0.39 is 0 Å². The van der Waals surface area contributed by atoms with Gasteiger partial charge in [0.15, 0.2) is 0 Å². The number of carbonyl (C=O) groups excluding carboxylic acids is 1. The first kappa shape index (κ1) is 15.2. The molecule has 2 rings (SSSR count). The zero-order valence-electron chi connectivity index (χ0n) is 12.6. The van der Waals surface area contributed by atoms with Gasteiger partial charge in [-0.1, -0.05) is 25.8 Å². The van der Waals surface area contributed by atoms with Gasteiger partial charge in [0.2, 0.25) is 0 Å². The largest absolute Gasteiger partial charge is 0.299 e. The molecule has 1 saturated carbocycles. The van der Waals surface area contributed by atoms with Crippen LogP contribution in [0.2, 0.25) is 0 Å². The molecule has 0 spiro atoms. The van der Waals surface area contributed by atoms with Gasteiger partial charge in [0.25, 0.3) is 0 Å². The van der Waals surface area contributed by atoms with Gasteiger partial charge in [-0.3, -0.25) is 4.79 Å². The fraction of sp³-hybridized carbons (Fsp3) is 0.611. The normalized spacial score (nSPS) is 22.8. The number of hydrogen-bond acceptors (Lipinski definition) is 1. The number of ketones is 1. The molecule has 0 radical (unpaired) electrons. The van der Waals surface area contributed by atoms with E-state index in [0.29, 0.717) is 12.2 Å². The van der Waals surface area contributed by atoms with Gasteiger partial charge in [-0.15, -0.1) is 0 Å². The van der Waals surface area contributed by atoms with E-state index in [2.05, 4.69) is 6.92 Å². The highest BCUT2D eigenvalue weighted by atomic mass is 19.1. The van der Waals surface area contributed by atoms with Crippen molar-refractivity contribution in [3.8, 4) is 0 Å². The fourth-order valence-corrected chi connectivity index (χ4v) is 3.34. The molecule has 0 aromatic heterocycles. The lowest BCUT2D eigenvalue weighted by molar-refractivity contribution is -0.123. The Bertz CT molecular complexity index is 458. The molecule has 1 aliphatic carbocycles. The van der Waals surface area contributed by atoms with E-state index in [9.17, 15) is 9.18 Å². The van der Waals surface area contributed by atoms with E-state index in [-0.39, 0.29) is 11.7 Å². The lowest BCUT2D eigenvalue weighted by atomic mass is 9.77. The number of Topliss-reactive ketones (excluding diaryl/α,β-unsaturated/α-hetero) is 1. The predicted octanol–water partition coefficient (Wildman–Crippen LogP) is 4.85. The van der Waals surface area contributed by atoms with Crippen LogP contribution in [-0.2, 0) is 11.2 Å². The first-order valence-corrected chi connectivity index (χ1v) is 7.88. The summed E-state index contributed by atoms with van der Waals surface area (Å²) in [6, 6.07) is 4.73. The molecule has 1 aromatic carbocycles. The van der Waals surface area contributed by atoms with E-state index >= 15 is 0 Å². The lowest BCUT2D eigenvalue weighted by Gasteiger charge is -2.27. The van der Waals surface area contributed by atoms with Crippen molar-refractivity contribution in [3.05, 3.63) is 35.1 Å². The maximum atomic E-state index is 13.3. The maximum absolute atomic E-state index is 13.3. The van der Waals surface area contributed by atoms with Gasteiger partial charge in [-0.25, -0.2) is 4.39 Å². The molecular weight excluding hydrogens is 251 g/mol. The topological polar surface area (TPSA) is 17.1 Å². The van der Waals surface area contributed by atoms with Crippen LogP contribution in [-0.4, -0.2) is 5.78 Å². The van der Waals surface area contributed by atoms with Crippen LogP contribution in [0.5, 0.6) is 0 Å². The van der Waals surface area contributed by atoms with E-state index in [4.69, 9.17) is 0 Å². The van der Waals surface area contributed by atoms with Crippen molar-refractivity contribution < 1.29 is 9.18 Å². The molecule has 20 heavy (non-hydrogen) atoms. The first-order chi connectivity index (χ1) is 9.60. The first-order valence-electron chi connectivity index (χ1n) is 7.88. The quantitative estimate of drug-likeness (QED) is 0.751. The number of aryl methyl sites for hydroxylation is 1. The zero-order valence-corrected chi connectivity index (χ0v) is 12.6. The summed E-state index contributed by atoms with van der Waals surface area (Å²) >= 11 is 0. The Balaban J connectivity index is 1.91. The van der Waals surface area contributed by atoms with Crippen LogP contribution in [0.3, 0.4) is 0 Å². The number of benzene rings is 1. The number of halogens is 1. The van der Waals surface area contributed by atoms with Crippen molar-refractivity contribution in [3.63, 3.8) is 0 Å². The van der Waals surface area contributed by atoms with Crippen LogP contribution in [0.25, 0.3) is 0 Å². The second kappa shape index (κ2) is 7.01. The minimum absolute atomic E-state index is 0.200. The summed E-state index contributed by atoms with van der Waals surface area (Å²) in [4.78, 5) is 12.4. The van der Waals surface area contributed by atoms with Gasteiger partial charge < -0.3 is 0 Å². The molecule has 0 atom stereocenters. The van der Waals surface area contributed by atoms with E-state index in [1.54, 1.807) is 6.07 Å². The Morgan fingerprint density at radius 2 is 1.95 bits per heavy atom. The number of rotatable bonds is 5. The van der Waals surface area contributed by atoms with Gasteiger partial charge >= 0.3 is 0 Å². The van der Waals surface area contributed by atoms with Crippen molar-refractivity contribution in [1.29, 1.82) is 0 Å². The van der Waals surface area contributed by atoms with Crippen molar-refractivity contribution >= 4 is 5.78 Å². The summed E-state index contributed by atoms with van der Waals surface area (Å²) in [7, 11) is 0. The molecular formula is C18H25FO. The van der Waals surface area contributed by atoms with Crippen LogP contribution in [0.1, 0.15) is 56.6 Å². The minimum atomic E-state index is -0.245. The molecule has 1 aromatic rings. The Morgan fingerprint density at radius 1 is 1.25 bits per heavy atom. The predicted molar refractivity (Wildman–Crippen MR) is 80.2 cm³/mol.